The first kappa shape index (κ1) is 20.9. The molecule has 1 heterocycles. The van der Waals surface area contributed by atoms with Crippen LogP contribution in [0.15, 0.2) is 24.3 Å². The van der Waals surface area contributed by atoms with Crippen LogP contribution < -0.4 is 5.32 Å². The Bertz CT molecular complexity index is 676. The molecule has 1 aromatic rings. The first-order valence-corrected chi connectivity index (χ1v) is 9.49. The Morgan fingerprint density at radius 3 is 2.44 bits per heavy atom. The number of hydrogen-bond acceptors (Lipinski definition) is 4. The predicted molar refractivity (Wildman–Crippen MR) is 103 cm³/mol. The Labute approximate surface area is 161 Å². The molecule has 2 amide bonds. The van der Waals surface area contributed by atoms with E-state index in [2.05, 4.69) is 33.0 Å². The summed E-state index contributed by atoms with van der Waals surface area (Å²) in [6.07, 6.45) is 2.09. The van der Waals surface area contributed by atoms with Gasteiger partial charge in [0.2, 0.25) is 0 Å². The van der Waals surface area contributed by atoms with Crippen molar-refractivity contribution in [2.45, 2.75) is 46.0 Å². The fourth-order valence-corrected chi connectivity index (χ4v) is 3.08. The monoisotopic (exact) mass is 374 g/mol. The van der Waals surface area contributed by atoms with Gasteiger partial charge in [0.25, 0.3) is 11.8 Å². The Morgan fingerprint density at radius 2 is 1.85 bits per heavy atom. The number of amides is 2. The Morgan fingerprint density at radius 1 is 1.19 bits per heavy atom. The number of nitrogens with zero attached hydrogens (tertiary/aromatic N) is 1. The second kappa shape index (κ2) is 9.02. The van der Waals surface area contributed by atoms with Crippen LogP contribution in [0.1, 0.15) is 56.5 Å². The third-order valence-electron chi connectivity index (χ3n) is 4.77. The van der Waals surface area contributed by atoms with Crippen molar-refractivity contribution in [3.05, 3.63) is 35.4 Å². The van der Waals surface area contributed by atoms with Gasteiger partial charge in [-0.3, -0.25) is 14.4 Å². The van der Waals surface area contributed by atoms with Crippen LogP contribution in [0.5, 0.6) is 0 Å². The van der Waals surface area contributed by atoms with Gasteiger partial charge in [-0.05, 0) is 41.9 Å². The summed E-state index contributed by atoms with van der Waals surface area (Å²) in [7, 11) is 0. The summed E-state index contributed by atoms with van der Waals surface area (Å²) in [6.45, 7) is 9.29. The normalized spacial score (nSPS) is 17.3. The molecule has 0 aromatic heterocycles. The molecule has 6 heteroatoms. The summed E-state index contributed by atoms with van der Waals surface area (Å²) >= 11 is 0. The number of carbonyl (C=O) groups excluding carboxylic acids is 3. The lowest BCUT2D eigenvalue weighted by molar-refractivity contribution is -0.151. The van der Waals surface area contributed by atoms with Gasteiger partial charge in [-0.1, -0.05) is 39.8 Å². The molecule has 0 spiro atoms. The minimum atomic E-state index is -0.618. The molecular formula is C21H30N2O4. The van der Waals surface area contributed by atoms with E-state index >= 15 is 0 Å². The lowest BCUT2D eigenvalue weighted by Gasteiger charge is -2.30. The lowest BCUT2D eigenvalue weighted by Crippen LogP contribution is -2.42. The van der Waals surface area contributed by atoms with Gasteiger partial charge in [0.05, 0.1) is 0 Å². The van der Waals surface area contributed by atoms with Crippen LogP contribution in [0.3, 0.4) is 0 Å². The molecule has 1 N–H and O–H groups in total. The Balaban J connectivity index is 1.74. The highest BCUT2D eigenvalue weighted by Gasteiger charge is 2.22. The second-order valence-electron chi connectivity index (χ2n) is 8.26. The maximum absolute atomic E-state index is 12.1. The largest absolute Gasteiger partial charge is 0.454 e. The molecule has 1 unspecified atom stereocenters. The number of rotatable bonds is 5. The molecule has 0 radical (unpaired) electrons. The standard InChI is InChI=1S/C21H30N2O4/c1-15-6-5-11-23(13-15)18(24)14-27-19(25)12-22-20(26)16-7-9-17(10-8-16)21(2,3)4/h7-10,15H,5-6,11-14H2,1-4H3,(H,22,26). The number of piperidine rings is 1. The van der Waals surface area contributed by atoms with Crippen LogP contribution in [0.25, 0.3) is 0 Å². The molecule has 1 fully saturated rings. The van der Waals surface area contributed by atoms with Crippen LogP contribution in [0.2, 0.25) is 0 Å². The van der Waals surface area contributed by atoms with Crippen molar-refractivity contribution in [1.29, 1.82) is 0 Å². The summed E-state index contributed by atoms with van der Waals surface area (Å²) < 4.78 is 5.00. The Hall–Kier alpha value is -2.37. The first-order chi connectivity index (χ1) is 12.7. The zero-order valence-corrected chi connectivity index (χ0v) is 16.7. The molecule has 1 atom stereocenters. The smallest absolute Gasteiger partial charge is 0.325 e. The van der Waals surface area contributed by atoms with E-state index in [4.69, 9.17) is 4.74 Å². The molecule has 6 nitrogen and oxygen atoms in total. The van der Waals surface area contributed by atoms with Gasteiger partial charge in [0, 0.05) is 18.7 Å². The molecule has 1 aliphatic heterocycles. The van der Waals surface area contributed by atoms with Crippen LogP contribution in [-0.2, 0) is 19.7 Å². The number of nitrogens with one attached hydrogen (secondary N) is 1. The second-order valence-corrected chi connectivity index (χ2v) is 8.26. The van der Waals surface area contributed by atoms with E-state index in [-0.39, 0.29) is 30.4 Å². The quantitative estimate of drug-likeness (QED) is 0.804. The minimum absolute atomic E-state index is 0.0114. The predicted octanol–water partition coefficient (Wildman–Crippen LogP) is 2.52. The van der Waals surface area contributed by atoms with E-state index < -0.39 is 5.97 Å². The summed E-state index contributed by atoms with van der Waals surface area (Å²) in [5, 5.41) is 2.53. The number of esters is 1. The van der Waals surface area contributed by atoms with E-state index in [9.17, 15) is 14.4 Å². The molecule has 0 saturated carbocycles. The van der Waals surface area contributed by atoms with E-state index in [0.717, 1.165) is 18.4 Å². The van der Waals surface area contributed by atoms with Gasteiger partial charge >= 0.3 is 5.97 Å². The van der Waals surface area contributed by atoms with Crippen LogP contribution in [-0.4, -0.2) is 48.9 Å². The molecule has 1 saturated heterocycles. The highest BCUT2D eigenvalue weighted by molar-refractivity contribution is 5.96. The van der Waals surface area contributed by atoms with E-state index in [1.54, 1.807) is 17.0 Å². The molecule has 0 bridgehead atoms. The van der Waals surface area contributed by atoms with Crippen LogP contribution >= 0.6 is 0 Å². The lowest BCUT2D eigenvalue weighted by atomic mass is 9.87. The van der Waals surface area contributed by atoms with Gasteiger partial charge in [-0.2, -0.15) is 0 Å². The van der Waals surface area contributed by atoms with Crippen molar-refractivity contribution >= 4 is 17.8 Å². The highest BCUT2D eigenvalue weighted by atomic mass is 16.5. The maximum atomic E-state index is 12.1. The molecule has 0 aliphatic carbocycles. The van der Waals surface area contributed by atoms with Gasteiger partial charge in [-0.25, -0.2) is 0 Å². The molecule has 27 heavy (non-hydrogen) atoms. The number of ether oxygens (including phenoxy) is 1. The number of likely N-dealkylation sites (tertiary alicyclic amines) is 1. The van der Waals surface area contributed by atoms with E-state index in [1.165, 1.54) is 0 Å². The van der Waals surface area contributed by atoms with E-state index in [0.29, 0.717) is 24.6 Å². The minimum Gasteiger partial charge on any atom is -0.454 e. The van der Waals surface area contributed by atoms with Crippen molar-refractivity contribution in [2.24, 2.45) is 5.92 Å². The van der Waals surface area contributed by atoms with Gasteiger partial charge in [-0.15, -0.1) is 0 Å². The zero-order valence-electron chi connectivity index (χ0n) is 16.7. The van der Waals surface area contributed by atoms with Gasteiger partial charge in [0.1, 0.15) is 6.54 Å². The fraction of sp³-hybridized carbons (Fsp3) is 0.571. The van der Waals surface area contributed by atoms with E-state index in [1.807, 2.05) is 12.1 Å². The molecule has 1 aliphatic rings. The van der Waals surface area contributed by atoms with Gasteiger partial charge in [0.15, 0.2) is 6.61 Å². The van der Waals surface area contributed by atoms with Crippen molar-refractivity contribution in [2.75, 3.05) is 26.2 Å². The van der Waals surface area contributed by atoms with Crippen molar-refractivity contribution in [3.8, 4) is 0 Å². The average molecular weight is 374 g/mol. The molecule has 148 valence electrons. The summed E-state index contributed by atoms with van der Waals surface area (Å²) in [5.41, 5.74) is 1.62. The fourth-order valence-electron chi connectivity index (χ4n) is 3.08. The van der Waals surface area contributed by atoms with Gasteiger partial charge < -0.3 is 15.0 Å². The topological polar surface area (TPSA) is 75.7 Å². The SMILES string of the molecule is CC1CCCN(C(=O)COC(=O)CNC(=O)c2ccc(C(C)(C)C)cc2)C1. The highest BCUT2D eigenvalue weighted by Crippen LogP contribution is 2.22. The Kier molecular flexibility index (Phi) is 6.99. The van der Waals surface area contributed by atoms with Crippen molar-refractivity contribution < 1.29 is 19.1 Å². The summed E-state index contributed by atoms with van der Waals surface area (Å²) in [4.78, 5) is 37.8. The number of carbonyl (C=O) groups is 3. The third-order valence-corrected chi connectivity index (χ3v) is 4.77. The third kappa shape index (κ3) is 6.38. The van der Waals surface area contributed by atoms with Crippen molar-refractivity contribution in [3.63, 3.8) is 0 Å². The number of benzene rings is 1. The maximum Gasteiger partial charge on any atom is 0.325 e. The average Bonchev–Trinajstić information content (AvgIpc) is 2.63. The summed E-state index contributed by atoms with van der Waals surface area (Å²) in [5.74, 6) is -0.669. The van der Waals surface area contributed by atoms with Crippen molar-refractivity contribution in [1.82, 2.24) is 10.2 Å². The summed E-state index contributed by atoms with van der Waals surface area (Å²) in [6, 6.07) is 7.29. The molecular weight excluding hydrogens is 344 g/mol. The molecule has 2 rings (SSSR count). The number of hydrogen-bond donors (Lipinski definition) is 1. The van der Waals surface area contributed by atoms with Crippen LogP contribution in [0.4, 0.5) is 0 Å². The molecule has 1 aromatic carbocycles. The zero-order chi connectivity index (χ0) is 20.0. The first-order valence-electron chi connectivity index (χ1n) is 9.49. The van der Waals surface area contributed by atoms with Crippen LogP contribution in [0, 0.1) is 5.92 Å².